The standard InChI is InChI=1S/C20H25F3N2OS/c1-12(19-8-13-5-14(9-19)7-15(6-13)10-19)25-17(26)16-3-2-4-24-18(16)27-11-20(21,22)23/h2-4,12-15H,5-11H2,1H3,(H,25,26). The molecule has 0 saturated heterocycles. The van der Waals surface area contributed by atoms with Crippen molar-refractivity contribution >= 4 is 17.7 Å². The quantitative estimate of drug-likeness (QED) is 0.704. The van der Waals surface area contributed by atoms with Crippen LogP contribution in [0.4, 0.5) is 13.2 Å². The largest absolute Gasteiger partial charge is 0.398 e. The van der Waals surface area contributed by atoms with Crippen LogP contribution in [-0.4, -0.2) is 28.9 Å². The second kappa shape index (κ2) is 6.98. The molecule has 1 N–H and O–H groups in total. The SMILES string of the molecule is CC(NC(=O)c1cccnc1SCC(F)(F)F)C12CC3CC(CC(C3)C1)C2. The van der Waals surface area contributed by atoms with E-state index >= 15 is 0 Å². The van der Waals surface area contributed by atoms with Crippen molar-refractivity contribution < 1.29 is 18.0 Å². The van der Waals surface area contributed by atoms with E-state index in [4.69, 9.17) is 0 Å². The zero-order valence-corrected chi connectivity index (χ0v) is 16.2. The van der Waals surface area contributed by atoms with E-state index in [2.05, 4.69) is 17.2 Å². The van der Waals surface area contributed by atoms with Gasteiger partial charge in [0.25, 0.3) is 5.91 Å². The van der Waals surface area contributed by atoms with E-state index in [-0.39, 0.29) is 28.0 Å². The number of carbonyl (C=O) groups excluding carboxylic acids is 1. The van der Waals surface area contributed by atoms with Gasteiger partial charge in [-0.25, -0.2) is 4.98 Å². The smallest absolute Gasteiger partial charge is 0.349 e. The molecule has 148 valence electrons. The molecule has 4 aliphatic carbocycles. The van der Waals surface area contributed by atoms with Gasteiger partial charge in [0.1, 0.15) is 5.03 Å². The third-order valence-corrected chi connectivity index (χ3v) is 7.81. The zero-order valence-electron chi connectivity index (χ0n) is 15.4. The number of halogens is 3. The summed E-state index contributed by atoms with van der Waals surface area (Å²) in [5, 5.41) is 3.26. The Labute approximate surface area is 161 Å². The number of nitrogens with zero attached hydrogens (tertiary/aromatic N) is 1. The highest BCUT2D eigenvalue weighted by Gasteiger charge is 2.53. The predicted octanol–water partition coefficient (Wildman–Crippen LogP) is 5.07. The molecule has 0 radical (unpaired) electrons. The van der Waals surface area contributed by atoms with Crippen molar-refractivity contribution in [2.75, 3.05) is 5.75 Å². The van der Waals surface area contributed by atoms with Crippen LogP contribution in [0.15, 0.2) is 23.4 Å². The van der Waals surface area contributed by atoms with Crippen LogP contribution in [0.1, 0.15) is 55.8 Å². The van der Waals surface area contributed by atoms with Crippen molar-refractivity contribution in [1.29, 1.82) is 0 Å². The van der Waals surface area contributed by atoms with Gasteiger partial charge in [0.15, 0.2) is 0 Å². The van der Waals surface area contributed by atoms with E-state index in [1.54, 1.807) is 12.1 Å². The minimum atomic E-state index is -4.29. The number of hydrogen-bond donors (Lipinski definition) is 1. The minimum absolute atomic E-state index is 0.0269. The Bertz CT molecular complexity index is 686. The van der Waals surface area contributed by atoms with Gasteiger partial charge in [-0.05, 0) is 80.8 Å². The van der Waals surface area contributed by atoms with Crippen LogP contribution < -0.4 is 5.32 Å². The average Bonchev–Trinajstić information content (AvgIpc) is 2.58. The molecule has 5 rings (SSSR count). The molecule has 1 heterocycles. The lowest BCUT2D eigenvalue weighted by molar-refractivity contribution is -0.105. The fraction of sp³-hybridized carbons (Fsp3) is 0.700. The second-order valence-corrected chi connectivity index (χ2v) is 9.70. The van der Waals surface area contributed by atoms with Crippen molar-refractivity contribution in [3.63, 3.8) is 0 Å². The van der Waals surface area contributed by atoms with Crippen LogP contribution in [0, 0.1) is 23.2 Å². The zero-order chi connectivity index (χ0) is 19.2. The van der Waals surface area contributed by atoms with Crippen LogP contribution >= 0.6 is 11.8 Å². The predicted molar refractivity (Wildman–Crippen MR) is 98.5 cm³/mol. The Morgan fingerprint density at radius 3 is 2.41 bits per heavy atom. The van der Waals surface area contributed by atoms with Crippen LogP contribution in [0.2, 0.25) is 0 Å². The molecule has 1 unspecified atom stereocenters. The molecule has 0 aliphatic heterocycles. The van der Waals surface area contributed by atoms with E-state index in [1.807, 2.05) is 0 Å². The number of carbonyl (C=O) groups is 1. The van der Waals surface area contributed by atoms with Gasteiger partial charge in [-0.2, -0.15) is 13.2 Å². The number of aromatic nitrogens is 1. The summed E-state index contributed by atoms with van der Waals surface area (Å²) in [5.41, 5.74) is 0.398. The summed E-state index contributed by atoms with van der Waals surface area (Å²) >= 11 is 0.572. The number of alkyl halides is 3. The minimum Gasteiger partial charge on any atom is -0.349 e. The van der Waals surface area contributed by atoms with Gasteiger partial charge >= 0.3 is 6.18 Å². The molecule has 3 nitrogen and oxygen atoms in total. The molecule has 7 heteroatoms. The monoisotopic (exact) mass is 398 g/mol. The first-order valence-electron chi connectivity index (χ1n) is 9.69. The topological polar surface area (TPSA) is 42.0 Å². The van der Waals surface area contributed by atoms with E-state index < -0.39 is 11.9 Å². The Morgan fingerprint density at radius 2 is 1.85 bits per heavy atom. The van der Waals surface area contributed by atoms with Crippen molar-refractivity contribution in [1.82, 2.24) is 10.3 Å². The van der Waals surface area contributed by atoms with Crippen molar-refractivity contribution in [3.05, 3.63) is 23.9 Å². The molecule has 27 heavy (non-hydrogen) atoms. The van der Waals surface area contributed by atoms with Gasteiger partial charge in [-0.15, -0.1) is 0 Å². The summed E-state index contributed by atoms with van der Waals surface area (Å²) in [7, 11) is 0. The molecule has 4 bridgehead atoms. The molecule has 1 atom stereocenters. The van der Waals surface area contributed by atoms with Gasteiger partial charge in [0, 0.05) is 12.2 Å². The summed E-state index contributed by atoms with van der Waals surface area (Å²) in [6, 6.07) is 3.19. The molecule has 0 spiro atoms. The summed E-state index contributed by atoms with van der Waals surface area (Å²) in [6.45, 7) is 2.07. The lowest BCUT2D eigenvalue weighted by atomic mass is 9.48. The molecule has 4 fully saturated rings. The molecule has 0 aromatic carbocycles. The second-order valence-electron chi connectivity index (χ2n) is 8.74. The Balaban J connectivity index is 1.46. The van der Waals surface area contributed by atoms with Crippen molar-refractivity contribution in [2.24, 2.45) is 23.2 Å². The van der Waals surface area contributed by atoms with Gasteiger partial charge in [0.2, 0.25) is 0 Å². The van der Waals surface area contributed by atoms with E-state index in [1.165, 1.54) is 44.7 Å². The summed E-state index contributed by atoms with van der Waals surface area (Å²) in [6.07, 6.45) is 4.65. The number of pyridine rings is 1. The molecule has 4 aliphatic rings. The van der Waals surface area contributed by atoms with E-state index in [0.29, 0.717) is 11.8 Å². The number of rotatable bonds is 5. The maximum Gasteiger partial charge on any atom is 0.398 e. The third-order valence-electron chi connectivity index (χ3n) is 6.74. The van der Waals surface area contributed by atoms with Gasteiger partial charge < -0.3 is 5.32 Å². The van der Waals surface area contributed by atoms with E-state index in [9.17, 15) is 18.0 Å². The molecule has 1 amide bonds. The maximum atomic E-state index is 12.8. The lowest BCUT2D eigenvalue weighted by Gasteiger charge is -2.59. The fourth-order valence-electron chi connectivity index (χ4n) is 5.96. The van der Waals surface area contributed by atoms with Crippen LogP contribution in [0.25, 0.3) is 0 Å². The Kier molecular flexibility index (Phi) is 4.93. The first-order valence-corrected chi connectivity index (χ1v) is 10.7. The highest BCUT2D eigenvalue weighted by molar-refractivity contribution is 7.99. The summed E-state index contributed by atoms with van der Waals surface area (Å²) in [5.74, 6) is 0.996. The fourth-order valence-corrected chi connectivity index (χ4v) is 6.72. The molecular formula is C20H25F3N2OS. The number of amides is 1. The Morgan fingerprint density at radius 1 is 1.26 bits per heavy atom. The first kappa shape index (κ1) is 19.1. The van der Waals surface area contributed by atoms with Crippen molar-refractivity contribution in [2.45, 2.75) is 62.7 Å². The molecule has 1 aromatic rings. The Hall–Kier alpha value is -1.24. The number of hydrogen-bond acceptors (Lipinski definition) is 3. The van der Waals surface area contributed by atoms with E-state index in [0.717, 1.165) is 17.8 Å². The van der Waals surface area contributed by atoms with Gasteiger partial charge in [-0.1, -0.05) is 11.8 Å². The van der Waals surface area contributed by atoms with Crippen molar-refractivity contribution in [3.8, 4) is 0 Å². The first-order chi connectivity index (χ1) is 12.7. The average molecular weight is 398 g/mol. The third kappa shape index (κ3) is 3.98. The summed E-state index contributed by atoms with van der Waals surface area (Å²) in [4.78, 5) is 16.9. The van der Waals surface area contributed by atoms with Gasteiger partial charge in [-0.3, -0.25) is 4.79 Å². The number of nitrogens with one attached hydrogen (secondary N) is 1. The molecule has 1 aromatic heterocycles. The van der Waals surface area contributed by atoms with Crippen LogP contribution in [-0.2, 0) is 0 Å². The van der Waals surface area contributed by atoms with Crippen LogP contribution in [0.5, 0.6) is 0 Å². The molecule has 4 saturated carbocycles. The summed E-state index contributed by atoms with van der Waals surface area (Å²) < 4.78 is 37.7. The number of thioether (sulfide) groups is 1. The van der Waals surface area contributed by atoms with Gasteiger partial charge in [0.05, 0.1) is 11.3 Å². The lowest BCUT2D eigenvalue weighted by Crippen LogP contribution is -2.55. The maximum absolute atomic E-state index is 12.8. The normalized spacial score (nSPS) is 33.1. The molecular weight excluding hydrogens is 373 g/mol. The van der Waals surface area contributed by atoms with Crippen LogP contribution in [0.3, 0.4) is 0 Å². The highest BCUT2D eigenvalue weighted by Crippen LogP contribution is 2.61. The highest BCUT2D eigenvalue weighted by atomic mass is 32.2.